The Bertz CT molecular complexity index is 3400. The van der Waals surface area contributed by atoms with Crippen molar-refractivity contribution in [1.29, 1.82) is 0 Å². The number of imidazole rings is 2. The molecule has 27 heteroatoms. The molecule has 0 saturated carbocycles. The number of alkyl halides is 9. The lowest BCUT2D eigenvalue weighted by atomic mass is 10.2. The molecule has 4 aromatic carbocycles. The average molecular weight is 1230 g/mol. The van der Waals surface area contributed by atoms with E-state index in [2.05, 4.69) is 72.2 Å². The molecule has 71 heavy (non-hydrogen) atoms. The minimum absolute atomic E-state index is 0.00908. The first kappa shape index (κ1) is 54.3. The molecular weight excluding hydrogens is 1190 g/mol. The van der Waals surface area contributed by atoms with Crippen LogP contribution < -0.4 is 41.4 Å². The van der Waals surface area contributed by atoms with Crippen molar-refractivity contribution < 1.29 is 45.3 Å². The smallest absolute Gasteiger partial charge is 0.425 e. The van der Waals surface area contributed by atoms with Crippen LogP contribution in [0.5, 0.6) is 35.0 Å². The maximum absolute atomic E-state index is 13.3. The number of ether oxygens (including phenoxy) is 4. The standard InChI is InChI=1S/C22H17BrClF3N4O4.C20H14ClF3N4O4.C2H4Br2/c1-29-18-17(19(32)30(10-9-23)21(29)33)31(12-13-5-7-14(24)8-6-13)20(28-18)34-15-3-2-4-16(11-15)35-22(25,26)27;1-27-16-15(17(29)26-18(27)30)28(10-11-5-7-12(21)8-6-11)19(25-16)31-13-3-2-4-14(9-13)32-20(22,23)24;3-1-2-4/h2-8,11H,9-10,12H2,1H3;2-9H,10H2,1H3,(H,26,29,30);1-2H2. The molecule has 0 radical (unpaired) electrons. The van der Waals surface area contributed by atoms with Crippen molar-refractivity contribution in [3.05, 3.63) is 160 Å². The van der Waals surface area contributed by atoms with Crippen molar-refractivity contribution in [2.75, 3.05) is 16.0 Å². The van der Waals surface area contributed by atoms with Gasteiger partial charge < -0.3 is 18.9 Å². The lowest BCUT2D eigenvalue weighted by molar-refractivity contribution is -0.275. The summed E-state index contributed by atoms with van der Waals surface area (Å²) in [6.45, 7) is 0.354. The number of hydrogen-bond acceptors (Lipinski definition) is 10. The van der Waals surface area contributed by atoms with E-state index in [1.165, 1.54) is 52.1 Å². The number of rotatable bonds is 13. The molecule has 4 heterocycles. The molecule has 0 fully saturated rings. The van der Waals surface area contributed by atoms with E-state index in [4.69, 9.17) is 32.7 Å². The quantitative estimate of drug-likeness (QED) is 0.0865. The van der Waals surface area contributed by atoms with Gasteiger partial charge in [0.2, 0.25) is 0 Å². The first-order valence-corrected chi connectivity index (χ1v) is 24.3. The highest BCUT2D eigenvalue weighted by atomic mass is 79.9. The Morgan fingerprint density at radius 3 is 1.42 bits per heavy atom. The maximum atomic E-state index is 13.3. The van der Waals surface area contributed by atoms with Crippen molar-refractivity contribution in [2.45, 2.75) is 32.4 Å². The summed E-state index contributed by atoms with van der Waals surface area (Å²) in [6.07, 6.45) is -9.74. The van der Waals surface area contributed by atoms with Gasteiger partial charge in [-0.15, -0.1) is 26.3 Å². The number of H-pyrrole nitrogens is 1. The van der Waals surface area contributed by atoms with Crippen molar-refractivity contribution >= 4 is 93.3 Å². The van der Waals surface area contributed by atoms with Crippen LogP contribution in [0.1, 0.15) is 11.1 Å². The van der Waals surface area contributed by atoms with Gasteiger partial charge in [0, 0.05) is 58.8 Å². The summed E-state index contributed by atoms with van der Waals surface area (Å²) in [4.78, 5) is 61.3. The second kappa shape index (κ2) is 23.5. The second-order valence-corrected chi connectivity index (χ2v) is 17.7. The Morgan fingerprint density at radius 1 is 0.577 bits per heavy atom. The predicted octanol–water partition coefficient (Wildman–Crippen LogP) is 10.3. The van der Waals surface area contributed by atoms with Gasteiger partial charge in [-0.2, -0.15) is 9.97 Å². The monoisotopic (exact) mass is 1220 g/mol. The number of nitrogens with zero attached hydrogens (tertiary/aromatic N) is 7. The van der Waals surface area contributed by atoms with Crippen molar-refractivity contribution in [1.82, 2.24) is 37.8 Å². The molecule has 0 bridgehead atoms. The van der Waals surface area contributed by atoms with Crippen LogP contribution in [0.15, 0.2) is 116 Å². The second-order valence-electron chi connectivity index (χ2n) is 14.5. The molecule has 376 valence electrons. The van der Waals surface area contributed by atoms with E-state index in [0.29, 0.717) is 15.4 Å². The number of halogens is 11. The van der Waals surface area contributed by atoms with Crippen LogP contribution in [0.25, 0.3) is 22.3 Å². The van der Waals surface area contributed by atoms with Gasteiger partial charge in [0.15, 0.2) is 22.3 Å². The largest absolute Gasteiger partial charge is 0.573 e. The van der Waals surface area contributed by atoms with E-state index in [0.717, 1.165) is 55.2 Å². The van der Waals surface area contributed by atoms with Crippen LogP contribution >= 0.6 is 71.0 Å². The Hall–Kier alpha value is -6.02. The first-order valence-electron chi connectivity index (χ1n) is 20.2. The summed E-state index contributed by atoms with van der Waals surface area (Å²) in [5.41, 5.74) is -0.755. The zero-order valence-corrected chi connectivity index (χ0v) is 42.8. The number of fused-ring (bicyclic) bond motifs is 2. The molecule has 0 aliphatic rings. The van der Waals surface area contributed by atoms with Crippen molar-refractivity contribution in [3.8, 4) is 35.0 Å². The molecule has 0 unspecified atom stereocenters. The van der Waals surface area contributed by atoms with Gasteiger partial charge in [0.25, 0.3) is 11.1 Å². The molecule has 8 aromatic rings. The van der Waals surface area contributed by atoms with Crippen LogP contribution in [0.4, 0.5) is 26.3 Å². The van der Waals surface area contributed by atoms with Gasteiger partial charge in [-0.1, -0.05) is 107 Å². The number of hydrogen-bond donors (Lipinski definition) is 1. The fourth-order valence-electron chi connectivity index (χ4n) is 6.52. The van der Waals surface area contributed by atoms with E-state index in [1.807, 2.05) is 0 Å². The van der Waals surface area contributed by atoms with Gasteiger partial charge in [0.05, 0.1) is 13.1 Å². The van der Waals surface area contributed by atoms with E-state index in [1.54, 1.807) is 48.5 Å². The summed E-state index contributed by atoms with van der Waals surface area (Å²) >= 11 is 21.5. The van der Waals surface area contributed by atoms with Crippen molar-refractivity contribution in [3.63, 3.8) is 0 Å². The van der Waals surface area contributed by atoms with Crippen LogP contribution in [0, 0.1) is 0 Å². The Balaban J connectivity index is 0.000000217. The zero-order valence-electron chi connectivity index (χ0n) is 36.5. The molecule has 1 N–H and O–H groups in total. The Morgan fingerprint density at radius 2 is 1.00 bits per heavy atom. The van der Waals surface area contributed by atoms with Gasteiger partial charge in [-0.05, 0) is 59.7 Å². The summed E-state index contributed by atoms with van der Waals surface area (Å²) in [5, 5.41) is 3.50. The van der Waals surface area contributed by atoms with Gasteiger partial charge in [0.1, 0.15) is 23.0 Å². The van der Waals surface area contributed by atoms with E-state index in [9.17, 15) is 45.5 Å². The van der Waals surface area contributed by atoms with Crippen LogP contribution in [-0.4, -0.2) is 66.5 Å². The Kier molecular flexibility index (Phi) is 18.0. The predicted molar refractivity (Wildman–Crippen MR) is 264 cm³/mol. The van der Waals surface area contributed by atoms with Crippen LogP contribution in [0.3, 0.4) is 0 Å². The van der Waals surface area contributed by atoms with Crippen LogP contribution in [0.2, 0.25) is 10.0 Å². The molecule has 16 nitrogen and oxygen atoms in total. The molecule has 0 aliphatic carbocycles. The zero-order chi connectivity index (χ0) is 51.8. The number of nitrogens with one attached hydrogen (secondary N) is 1. The number of aromatic nitrogens is 8. The third-order valence-corrected chi connectivity index (χ3v) is 12.3. The van der Waals surface area contributed by atoms with Crippen molar-refractivity contribution in [2.24, 2.45) is 14.1 Å². The average Bonchev–Trinajstić information content (AvgIpc) is 3.85. The third-order valence-electron chi connectivity index (χ3n) is 9.55. The SMILES string of the molecule is BrCCBr.Cn1c(=O)[nH]c(=O)c2c1nc(Oc1cccc(OC(F)(F)F)c1)n2Cc1ccc(Cl)cc1.Cn1c(=O)n(CCBr)c(=O)c2c1nc(Oc1cccc(OC(F)(F)F)c1)n2Cc1ccc(Cl)cc1. The molecule has 0 amide bonds. The molecule has 8 rings (SSSR count). The highest BCUT2D eigenvalue weighted by Gasteiger charge is 2.32. The van der Waals surface area contributed by atoms with E-state index in [-0.39, 0.29) is 65.5 Å². The van der Waals surface area contributed by atoms with Gasteiger partial charge in [-0.3, -0.25) is 37.4 Å². The highest BCUT2D eigenvalue weighted by Crippen LogP contribution is 2.32. The lowest BCUT2D eigenvalue weighted by Crippen LogP contribution is -2.40. The molecule has 4 aromatic heterocycles. The minimum Gasteiger partial charge on any atom is -0.425 e. The van der Waals surface area contributed by atoms with Crippen LogP contribution in [-0.2, 0) is 33.7 Å². The molecule has 0 saturated heterocycles. The summed E-state index contributed by atoms with van der Waals surface area (Å²) in [5.74, 6) is -0.992. The molecule has 0 spiro atoms. The minimum atomic E-state index is -4.88. The Labute approximate surface area is 431 Å². The summed E-state index contributed by atoms with van der Waals surface area (Å²) in [6, 6.07) is 23.2. The number of aromatic amines is 1. The molecular formula is C44H35Br3Cl2F6N8O8. The lowest BCUT2D eigenvalue weighted by Gasteiger charge is -2.12. The highest BCUT2D eigenvalue weighted by molar-refractivity contribution is 9.12. The summed E-state index contributed by atoms with van der Waals surface area (Å²) < 4.78 is 101. The van der Waals surface area contributed by atoms with Gasteiger partial charge in [-0.25, -0.2) is 9.59 Å². The van der Waals surface area contributed by atoms with E-state index < -0.39 is 46.7 Å². The van der Waals surface area contributed by atoms with E-state index >= 15 is 0 Å². The number of aryl methyl sites for hydroxylation is 2. The maximum Gasteiger partial charge on any atom is 0.573 e. The number of benzene rings is 4. The fourth-order valence-corrected chi connectivity index (χ4v) is 7.13. The first-order chi connectivity index (χ1) is 33.6. The molecule has 0 atom stereocenters. The third kappa shape index (κ3) is 14.1. The summed E-state index contributed by atoms with van der Waals surface area (Å²) in [7, 11) is 2.89. The molecule has 0 aliphatic heterocycles. The topological polar surface area (TPSA) is 171 Å². The van der Waals surface area contributed by atoms with Gasteiger partial charge >= 0.3 is 36.1 Å². The fraction of sp³-hybridized carbons (Fsp3) is 0.227. The normalized spacial score (nSPS) is 11.5.